The minimum atomic E-state index is -3.85. The van der Waals surface area contributed by atoms with E-state index in [1.54, 1.807) is 6.92 Å². The fourth-order valence-corrected chi connectivity index (χ4v) is 2.77. The van der Waals surface area contributed by atoms with Crippen molar-refractivity contribution in [3.63, 3.8) is 0 Å². The van der Waals surface area contributed by atoms with Crippen molar-refractivity contribution in [3.05, 3.63) is 29.6 Å². The molecule has 0 spiro atoms. The maximum Gasteiger partial charge on any atom is 0.243 e. The highest BCUT2D eigenvalue weighted by Gasteiger charge is 2.23. The number of hydrogen-bond donors (Lipinski definition) is 2. The van der Waals surface area contributed by atoms with Crippen molar-refractivity contribution >= 4 is 15.9 Å². The van der Waals surface area contributed by atoms with Gasteiger partial charge in [0.25, 0.3) is 0 Å². The molecule has 0 aliphatic rings. The largest absolute Gasteiger partial charge is 0.355 e. The number of nitrogens with zero attached hydrogens (tertiary/aromatic N) is 1. The standard InChI is InChI=1S/C12H18FN3O3S/c1-3-15-12(17)8-16(2)20(18,19)10-4-5-11(13)9(6-10)7-14/h4-6H,3,7-8,14H2,1-2H3,(H,15,17). The van der Waals surface area contributed by atoms with Crippen molar-refractivity contribution in [3.8, 4) is 0 Å². The zero-order valence-electron chi connectivity index (χ0n) is 11.4. The lowest BCUT2D eigenvalue weighted by Gasteiger charge is -2.17. The lowest BCUT2D eigenvalue weighted by Crippen LogP contribution is -2.38. The van der Waals surface area contributed by atoms with Crippen LogP contribution in [0.3, 0.4) is 0 Å². The van der Waals surface area contributed by atoms with E-state index in [0.29, 0.717) is 6.54 Å². The molecule has 0 saturated heterocycles. The first-order valence-corrected chi connectivity index (χ1v) is 7.48. The van der Waals surface area contributed by atoms with Crippen LogP contribution in [0.4, 0.5) is 4.39 Å². The van der Waals surface area contributed by atoms with Crippen molar-refractivity contribution in [2.75, 3.05) is 20.1 Å². The average molecular weight is 303 g/mol. The van der Waals surface area contributed by atoms with E-state index in [0.717, 1.165) is 16.4 Å². The summed E-state index contributed by atoms with van der Waals surface area (Å²) in [4.78, 5) is 11.3. The van der Waals surface area contributed by atoms with Crippen LogP contribution in [0.2, 0.25) is 0 Å². The molecule has 0 aliphatic heterocycles. The van der Waals surface area contributed by atoms with E-state index in [2.05, 4.69) is 5.32 Å². The van der Waals surface area contributed by atoms with E-state index in [4.69, 9.17) is 5.73 Å². The van der Waals surface area contributed by atoms with Crippen molar-refractivity contribution in [2.24, 2.45) is 5.73 Å². The van der Waals surface area contributed by atoms with E-state index in [1.165, 1.54) is 13.1 Å². The molecule has 0 radical (unpaired) electrons. The lowest BCUT2D eigenvalue weighted by molar-refractivity contribution is -0.121. The number of rotatable bonds is 6. The predicted octanol–water partition coefficient (Wildman–Crippen LogP) is 0.0410. The molecular formula is C12H18FN3O3S. The van der Waals surface area contributed by atoms with Gasteiger partial charge >= 0.3 is 0 Å². The van der Waals surface area contributed by atoms with E-state index in [9.17, 15) is 17.6 Å². The van der Waals surface area contributed by atoms with Gasteiger partial charge in [0, 0.05) is 25.7 Å². The number of carbonyl (C=O) groups excluding carboxylic acids is 1. The normalized spacial score (nSPS) is 11.7. The summed E-state index contributed by atoms with van der Waals surface area (Å²) in [6.45, 7) is 1.75. The molecule has 1 amide bonds. The Hall–Kier alpha value is -1.51. The summed E-state index contributed by atoms with van der Waals surface area (Å²) < 4.78 is 38.7. The molecule has 1 aromatic rings. The lowest BCUT2D eigenvalue weighted by atomic mass is 10.2. The summed E-state index contributed by atoms with van der Waals surface area (Å²) in [5.74, 6) is -0.961. The zero-order chi connectivity index (χ0) is 15.3. The number of halogens is 1. The molecule has 0 saturated carbocycles. The number of carbonyl (C=O) groups is 1. The average Bonchev–Trinajstić information content (AvgIpc) is 2.39. The Kier molecular flexibility index (Phi) is 5.61. The number of nitrogens with two attached hydrogens (primary N) is 1. The molecule has 0 fully saturated rings. The Morgan fingerprint density at radius 2 is 2.10 bits per heavy atom. The molecule has 3 N–H and O–H groups in total. The smallest absolute Gasteiger partial charge is 0.243 e. The molecule has 0 atom stereocenters. The monoisotopic (exact) mass is 303 g/mol. The van der Waals surface area contributed by atoms with Gasteiger partial charge in [-0.2, -0.15) is 4.31 Å². The first-order chi connectivity index (χ1) is 9.32. The van der Waals surface area contributed by atoms with Gasteiger partial charge in [-0.3, -0.25) is 4.79 Å². The Morgan fingerprint density at radius 3 is 2.65 bits per heavy atom. The topological polar surface area (TPSA) is 92.5 Å². The van der Waals surface area contributed by atoms with Crippen molar-refractivity contribution < 1.29 is 17.6 Å². The van der Waals surface area contributed by atoms with Gasteiger partial charge in [-0.1, -0.05) is 0 Å². The van der Waals surface area contributed by atoms with Crippen LogP contribution in [-0.2, 0) is 21.4 Å². The van der Waals surface area contributed by atoms with Gasteiger partial charge < -0.3 is 11.1 Å². The minimum Gasteiger partial charge on any atom is -0.355 e. The van der Waals surface area contributed by atoms with Gasteiger partial charge in [0.1, 0.15) is 5.82 Å². The minimum absolute atomic E-state index is 0.0915. The summed E-state index contributed by atoms with van der Waals surface area (Å²) in [6.07, 6.45) is 0. The fraction of sp³-hybridized carbons (Fsp3) is 0.417. The Morgan fingerprint density at radius 1 is 1.45 bits per heavy atom. The fourth-order valence-electron chi connectivity index (χ4n) is 1.59. The second-order valence-corrected chi connectivity index (χ2v) is 6.22. The molecule has 0 bridgehead atoms. The van der Waals surface area contributed by atoms with Gasteiger partial charge in [-0.05, 0) is 25.1 Å². The van der Waals surface area contributed by atoms with Crippen LogP contribution in [0.25, 0.3) is 0 Å². The van der Waals surface area contributed by atoms with Gasteiger partial charge in [0.2, 0.25) is 15.9 Å². The van der Waals surface area contributed by atoms with Gasteiger partial charge in [0.05, 0.1) is 11.4 Å². The van der Waals surface area contributed by atoms with E-state index >= 15 is 0 Å². The Labute approximate surface area is 117 Å². The highest BCUT2D eigenvalue weighted by Crippen LogP contribution is 2.18. The number of benzene rings is 1. The van der Waals surface area contributed by atoms with Gasteiger partial charge in [-0.15, -0.1) is 0 Å². The zero-order valence-corrected chi connectivity index (χ0v) is 12.2. The first kappa shape index (κ1) is 16.5. The number of hydrogen-bond acceptors (Lipinski definition) is 4. The highest BCUT2D eigenvalue weighted by atomic mass is 32.2. The molecule has 0 aliphatic carbocycles. The number of amides is 1. The van der Waals surface area contributed by atoms with Crippen LogP contribution in [0.15, 0.2) is 23.1 Å². The van der Waals surface area contributed by atoms with Crippen molar-refractivity contribution in [2.45, 2.75) is 18.4 Å². The molecule has 0 aromatic heterocycles. The van der Waals surface area contributed by atoms with Crippen LogP contribution < -0.4 is 11.1 Å². The summed E-state index contributed by atoms with van der Waals surface area (Å²) in [7, 11) is -2.56. The molecule has 6 nitrogen and oxygen atoms in total. The van der Waals surface area contributed by atoms with E-state index in [1.807, 2.05) is 0 Å². The SMILES string of the molecule is CCNC(=O)CN(C)S(=O)(=O)c1ccc(F)c(CN)c1. The van der Waals surface area contributed by atoms with Crippen LogP contribution >= 0.6 is 0 Å². The van der Waals surface area contributed by atoms with Crippen LogP contribution in [0.5, 0.6) is 0 Å². The number of likely N-dealkylation sites (N-methyl/N-ethyl adjacent to an activating group) is 2. The van der Waals surface area contributed by atoms with Crippen LogP contribution in [-0.4, -0.2) is 38.8 Å². The Balaban J connectivity index is 3.01. The first-order valence-electron chi connectivity index (χ1n) is 6.04. The van der Waals surface area contributed by atoms with Crippen molar-refractivity contribution in [1.29, 1.82) is 0 Å². The van der Waals surface area contributed by atoms with Gasteiger partial charge in [-0.25, -0.2) is 12.8 Å². The molecular weight excluding hydrogens is 285 g/mol. The molecule has 112 valence electrons. The highest BCUT2D eigenvalue weighted by molar-refractivity contribution is 7.89. The third-order valence-electron chi connectivity index (χ3n) is 2.69. The number of nitrogens with one attached hydrogen (secondary N) is 1. The maximum absolute atomic E-state index is 13.3. The quantitative estimate of drug-likeness (QED) is 0.776. The van der Waals surface area contributed by atoms with Crippen LogP contribution in [0.1, 0.15) is 12.5 Å². The summed E-state index contributed by atoms with van der Waals surface area (Å²) in [5, 5.41) is 2.51. The third kappa shape index (κ3) is 3.75. The molecule has 0 heterocycles. The van der Waals surface area contributed by atoms with E-state index in [-0.39, 0.29) is 23.5 Å². The predicted molar refractivity (Wildman–Crippen MR) is 72.8 cm³/mol. The second kappa shape index (κ2) is 6.78. The molecule has 8 heteroatoms. The summed E-state index contributed by atoms with van der Waals surface area (Å²) >= 11 is 0. The number of sulfonamides is 1. The Bertz CT molecular complexity index is 590. The molecule has 0 unspecified atom stereocenters. The van der Waals surface area contributed by atoms with E-state index < -0.39 is 21.7 Å². The molecule has 20 heavy (non-hydrogen) atoms. The molecule has 1 aromatic carbocycles. The third-order valence-corrected chi connectivity index (χ3v) is 4.48. The summed E-state index contributed by atoms with van der Waals surface area (Å²) in [6, 6.07) is 3.38. The summed E-state index contributed by atoms with van der Waals surface area (Å²) in [5.41, 5.74) is 5.46. The van der Waals surface area contributed by atoms with Crippen LogP contribution in [0, 0.1) is 5.82 Å². The van der Waals surface area contributed by atoms with Gasteiger partial charge in [0.15, 0.2) is 0 Å². The maximum atomic E-state index is 13.3. The van der Waals surface area contributed by atoms with Crippen molar-refractivity contribution in [1.82, 2.24) is 9.62 Å². The molecule has 1 rings (SSSR count). The second-order valence-electron chi connectivity index (χ2n) is 4.17.